The fraction of sp³-hybridized carbons (Fsp3) is 0.200. The van der Waals surface area contributed by atoms with Gasteiger partial charge in [-0.1, -0.05) is 6.92 Å². The van der Waals surface area contributed by atoms with Crippen LogP contribution in [0.25, 0.3) is 0 Å². The van der Waals surface area contributed by atoms with Gasteiger partial charge < -0.3 is 15.5 Å². The van der Waals surface area contributed by atoms with Crippen molar-refractivity contribution in [2.45, 2.75) is 13.3 Å². The standard InChI is InChI=1S/C10H11NO4/c1-2-9(13)11-8-4-3-6(12)5-7(8)10(14)15/h3-5,12H,2H2,1H3,(H,11,13)(H,14,15). The Balaban J connectivity index is 3.06. The maximum absolute atomic E-state index is 11.1. The SMILES string of the molecule is CCC(=O)Nc1ccc(O)cc1C(=O)O. The fourth-order valence-corrected chi connectivity index (χ4v) is 1.06. The molecule has 0 saturated carbocycles. The number of carbonyl (C=O) groups excluding carboxylic acids is 1. The van der Waals surface area contributed by atoms with Gasteiger partial charge in [-0.05, 0) is 18.2 Å². The van der Waals surface area contributed by atoms with Crippen LogP contribution < -0.4 is 5.32 Å². The van der Waals surface area contributed by atoms with E-state index in [1.165, 1.54) is 12.1 Å². The third-order valence-corrected chi connectivity index (χ3v) is 1.83. The molecule has 1 aromatic rings. The van der Waals surface area contributed by atoms with Crippen LogP contribution in [0.1, 0.15) is 23.7 Å². The lowest BCUT2D eigenvalue weighted by Gasteiger charge is -2.07. The molecular weight excluding hydrogens is 198 g/mol. The van der Waals surface area contributed by atoms with E-state index in [0.717, 1.165) is 6.07 Å². The summed E-state index contributed by atoms with van der Waals surface area (Å²) in [6.07, 6.45) is 0.264. The number of phenolic OH excluding ortho intramolecular Hbond substituents is 1. The van der Waals surface area contributed by atoms with Crippen LogP contribution in [0.2, 0.25) is 0 Å². The molecule has 0 atom stereocenters. The van der Waals surface area contributed by atoms with E-state index in [2.05, 4.69) is 5.32 Å². The van der Waals surface area contributed by atoms with Crippen molar-refractivity contribution in [1.29, 1.82) is 0 Å². The number of benzene rings is 1. The minimum atomic E-state index is -1.20. The van der Waals surface area contributed by atoms with Crippen LogP contribution in [0.4, 0.5) is 5.69 Å². The van der Waals surface area contributed by atoms with Gasteiger partial charge >= 0.3 is 5.97 Å². The first-order chi connectivity index (χ1) is 7.04. The van der Waals surface area contributed by atoms with Gasteiger partial charge in [0.05, 0.1) is 11.3 Å². The molecule has 0 saturated heterocycles. The number of carboxylic acids is 1. The lowest BCUT2D eigenvalue weighted by atomic mass is 10.1. The molecule has 0 heterocycles. The number of carboxylic acid groups (broad SMARTS) is 1. The molecule has 0 bridgehead atoms. The Morgan fingerprint density at radius 2 is 2.07 bits per heavy atom. The number of carbonyl (C=O) groups is 2. The molecule has 80 valence electrons. The maximum Gasteiger partial charge on any atom is 0.337 e. The Kier molecular flexibility index (Phi) is 3.28. The zero-order chi connectivity index (χ0) is 11.4. The maximum atomic E-state index is 11.1. The Labute approximate surface area is 86.4 Å². The van der Waals surface area contributed by atoms with Crippen LogP contribution in [0.15, 0.2) is 18.2 Å². The van der Waals surface area contributed by atoms with Crippen molar-refractivity contribution in [1.82, 2.24) is 0 Å². The van der Waals surface area contributed by atoms with E-state index in [9.17, 15) is 9.59 Å². The number of nitrogens with one attached hydrogen (secondary N) is 1. The van der Waals surface area contributed by atoms with E-state index in [1.807, 2.05) is 0 Å². The molecule has 0 radical (unpaired) electrons. The van der Waals surface area contributed by atoms with Gasteiger partial charge in [-0.25, -0.2) is 4.79 Å². The lowest BCUT2D eigenvalue weighted by molar-refractivity contribution is -0.115. The van der Waals surface area contributed by atoms with E-state index >= 15 is 0 Å². The fourth-order valence-electron chi connectivity index (χ4n) is 1.06. The number of amides is 1. The van der Waals surface area contributed by atoms with Crippen molar-refractivity contribution >= 4 is 17.6 Å². The van der Waals surface area contributed by atoms with E-state index in [-0.39, 0.29) is 29.3 Å². The summed E-state index contributed by atoms with van der Waals surface area (Å²) in [5.74, 6) is -1.62. The molecule has 1 amide bonds. The molecular formula is C10H11NO4. The van der Waals surface area contributed by atoms with Crippen LogP contribution in [0, 0.1) is 0 Å². The molecule has 15 heavy (non-hydrogen) atoms. The van der Waals surface area contributed by atoms with Gasteiger partial charge in [0, 0.05) is 6.42 Å². The predicted molar refractivity (Wildman–Crippen MR) is 54.0 cm³/mol. The second-order valence-corrected chi connectivity index (χ2v) is 2.94. The zero-order valence-electron chi connectivity index (χ0n) is 8.15. The third kappa shape index (κ3) is 2.70. The summed E-state index contributed by atoms with van der Waals surface area (Å²) in [4.78, 5) is 21.9. The minimum Gasteiger partial charge on any atom is -0.508 e. The molecule has 3 N–H and O–H groups in total. The second-order valence-electron chi connectivity index (χ2n) is 2.94. The van der Waals surface area contributed by atoms with Crippen LogP contribution in [-0.4, -0.2) is 22.1 Å². The number of anilines is 1. The van der Waals surface area contributed by atoms with Crippen molar-refractivity contribution < 1.29 is 19.8 Å². The number of hydrogen-bond acceptors (Lipinski definition) is 3. The molecule has 0 aliphatic rings. The number of aromatic carboxylic acids is 1. The summed E-state index contributed by atoms with van der Waals surface area (Å²) in [6.45, 7) is 1.66. The Bertz CT molecular complexity index is 400. The largest absolute Gasteiger partial charge is 0.508 e. The van der Waals surface area contributed by atoms with Crippen molar-refractivity contribution in [3.05, 3.63) is 23.8 Å². The summed E-state index contributed by atoms with van der Waals surface area (Å²) in [5, 5.41) is 20.4. The molecule has 5 nitrogen and oxygen atoms in total. The summed E-state index contributed by atoms with van der Waals surface area (Å²) >= 11 is 0. The molecule has 5 heteroatoms. The molecule has 0 unspecified atom stereocenters. The zero-order valence-corrected chi connectivity index (χ0v) is 8.15. The van der Waals surface area contributed by atoms with Crippen LogP contribution in [0.3, 0.4) is 0 Å². The molecule has 1 aromatic carbocycles. The van der Waals surface area contributed by atoms with Crippen LogP contribution in [-0.2, 0) is 4.79 Å². The number of rotatable bonds is 3. The Morgan fingerprint density at radius 3 is 2.60 bits per heavy atom. The van der Waals surface area contributed by atoms with Crippen LogP contribution in [0.5, 0.6) is 5.75 Å². The average molecular weight is 209 g/mol. The highest BCUT2D eigenvalue weighted by atomic mass is 16.4. The predicted octanol–water partition coefficient (Wildman–Crippen LogP) is 1.44. The van der Waals surface area contributed by atoms with Gasteiger partial charge in [-0.3, -0.25) is 4.79 Å². The highest BCUT2D eigenvalue weighted by molar-refractivity contribution is 6.00. The monoisotopic (exact) mass is 209 g/mol. The molecule has 0 spiro atoms. The Morgan fingerprint density at radius 1 is 1.40 bits per heavy atom. The summed E-state index contributed by atoms with van der Waals surface area (Å²) in [7, 11) is 0. The number of hydrogen-bond donors (Lipinski definition) is 3. The van der Waals surface area contributed by atoms with Gasteiger partial charge in [-0.2, -0.15) is 0 Å². The molecule has 1 rings (SSSR count). The van der Waals surface area contributed by atoms with Gasteiger partial charge in [0.2, 0.25) is 5.91 Å². The molecule has 0 aromatic heterocycles. The second kappa shape index (κ2) is 4.45. The summed E-state index contributed by atoms with van der Waals surface area (Å²) in [6, 6.07) is 3.76. The molecule has 0 fully saturated rings. The van der Waals surface area contributed by atoms with Gasteiger partial charge in [0.25, 0.3) is 0 Å². The summed E-state index contributed by atoms with van der Waals surface area (Å²) < 4.78 is 0. The lowest BCUT2D eigenvalue weighted by Crippen LogP contribution is -2.13. The smallest absolute Gasteiger partial charge is 0.337 e. The number of phenols is 1. The van der Waals surface area contributed by atoms with E-state index < -0.39 is 5.97 Å². The molecule has 0 aliphatic heterocycles. The third-order valence-electron chi connectivity index (χ3n) is 1.83. The van der Waals surface area contributed by atoms with Crippen molar-refractivity contribution in [2.24, 2.45) is 0 Å². The Hall–Kier alpha value is -2.04. The van der Waals surface area contributed by atoms with Crippen molar-refractivity contribution in [3.8, 4) is 5.75 Å². The highest BCUT2D eigenvalue weighted by Gasteiger charge is 2.12. The van der Waals surface area contributed by atoms with Crippen molar-refractivity contribution in [3.63, 3.8) is 0 Å². The van der Waals surface area contributed by atoms with Gasteiger partial charge in [-0.15, -0.1) is 0 Å². The van der Waals surface area contributed by atoms with Crippen molar-refractivity contribution in [2.75, 3.05) is 5.32 Å². The first kappa shape index (κ1) is 11.0. The quantitative estimate of drug-likeness (QED) is 0.657. The van der Waals surface area contributed by atoms with E-state index in [1.54, 1.807) is 6.92 Å². The van der Waals surface area contributed by atoms with Crippen LogP contribution >= 0.6 is 0 Å². The first-order valence-corrected chi connectivity index (χ1v) is 4.40. The van der Waals surface area contributed by atoms with E-state index in [4.69, 9.17) is 10.2 Å². The minimum absolute atomic E-state index is 0.128. The highest BCUT2D eigenvalue weighted by Crippen LogP contribution is 2.21. The molecule has 0 aliphatic carbocycles. The summed E-state index contributed by atoms with van der Waals surface area (Å²) in [5.41, 5.74) is 0.0592. The van der Waals surface area contributed by atoms with Gasteiger partial charge in [0.15, 0.2) is 0 Å². The van der Waals surface area contributed by atoms with E-state index in [0.29, 0.717) is 0 Å². The average Bonchev–Trinajstić information content (AvgIpc) is 2.20. The number of aromatic hydroxyl groups is 1. The normalized spacial score (nSPS) is 9.67. The first-order valence-electron chi connectivity index (χ1n) is 4.40. The topological polar surface area (TPSA) is 86.6 Å². The van der Waals surface area contributed by atoms with Gasteiger partial charge in [0.1, 0.15) is 5.75 Å².